The number of carbonyl (C=O) groups excluding carboxylic acids is 1. The molecule has 0 bridgehead atoms. The normalized spacial score (nSPS) is 20.8. The van der Waals surface area contributed by atoms with Crippen LogP contribution in [0, 0.1) is 5.92 Å². The molecule has 1 unspecified atom stereocenters. The Morgan fingerprint density at radius 2 is 2.09 bits per heavy atom. The molecule has 3 heterocycles. The Morgan fingerprint density at radius 1 is 1.28 bits per heavy atom. The third-order valence-electron chi connectivity index (χ3n) is 6.18. The molecule has 176 valence electrons. The molecule has 11 heteroatoms. The highest BCUT2D eigenvalue weighted by Gasteiger charge is 2.34. The summed E-state index contributed by atoms with van der Waals surface area (Å²) in [5.41, 5.74) is 1.87. The Bertz CT molecular complexity index is 1100. The van der Waals surface area contributed by atoms with Crippen molar-refractivity contribution in [2.24, 2.45) is 5.92 Å². The minimum atomic E-state index is -3.73. The fourth-order valence-electron chi connectivity index (χ4n) is 4.57. The molecule has 1 fully saturated rings. The van der Waals surface area contributed by atoms with E-state index in [2.05, 4.69) is 9.71 Å². The lowest BCUT2D eigenvalue weighted by Crippen LogP contribution is -2.47. The van der Waals surface area contributed by atoms with Gasteiger partial charge in [0.25, 0.3) is 0 Å². The summed E-state index contributed by atoms with van der Waals surface area (Å²) in [6.07, 6.45) is 5.52. The van der Waals surface area contributed by atoms with Crippen LogP contribution >= 0.6 is 23.2 Å². The van der Waals surface area contributed by atoms with Crippen LogP contribution in [0.15, 0.2) is 12.3 Å². The van der Waals surface area contributed by atoms with E-state index in [-0.39, 0.29) is 18.4 Å². The van der Waals surface area contributed by atoms with Gasteiger partial charge in [0.05, 0.1) is 21.2 Å². The number of halogens is 2. The highest BCUT2D eigenvalue weighted by molar-refractivity contribution is 7.90. The number of carbonyl (C=O) groups is 1. The number of ether oxygens (including phenoxy) is 1. The Hall–Kier alpha value is -1.52. The quantitative estimate of drug-likeness (QED) is 0.559. The zero-order chi connectivity index (χ0) is 22.9. The van der Waals surface area contributed by atoms with Crippen LogP contribution in [0.5, 0.6) is 0 Å². The van der Waals surface area contributed by atoms with Gasteiger partial charge in [-0.15, -0.1) is 0 Å². The first-order valence-corrected chi connectivity index (χ1v) is 13.0. The molecule has 4 rings (SSSR count). The van der Waals surface area contributed by atoms with Crippen molar-refractivity contribution in [3.05, 3.63) is 27.9 Å². The van der Waals surface area contributed by atoms with Crippen molar-refractivity contribution in [1.29, 1.82) is 0 Å². The number of piperidine rings is 1. The monoisotopic (exact) mass is 502 g/mol. The van der Waals surface area contributed by atoms with Gasteiger partial charge < -0.3 is 14.6 Å². The van der Waals surface area contributed by atoms with Crippen molar-refractivity contribution in [1.82, 2.24) is 14.2 Å². The molecule has 1 aromatic heterocycles. The number of nitrogens with one attached hydrogen (secondary N) is 2. The molecular weight excluding hydrogens is 475 g/mol. The average Bonchev–Trinajstić information content (AvgIpc) is 3.15. The van der Waals surface area contributed by atoms with Crippen molar-refractivity contribution in [2.75, 3.05) is 38.1 Å². The average molecular weight is 503 g/mol. The first kappa shape index (κ1) is 23.6. The number of nitrogens with zero attached hydrogens (tertiary/aromatic N) is 2. The van der Waals surface area contributed by atoms with E-state index in [0.717, 1.165) is 37.8 Å². The summed E-state index contributed by atoms with van der Waals surface area (Å²) >= 11 is 12.6. The summed E-state index contributed by atoms with van der Waals surface area (Å²) in [7, 11) is -2.07. The Morgan fingerprint density at radius 3 is 2.88 bits per heavy atom. The molecule has 0 aliphatic carbocycles. The number of methoxy groups -OCH3 is 1. The molecule has 1 aromatic carbocycles. The maximum absolute atomic E-state index is 13.0. The number of fused-ring (bicyclic) bond motifs is 3. The molecule has 0 spiro atoms. The zero-order valence-electron chi connectivity index (χ0n) is 18.0. The van der Waals surface area contributed by atoms with Crippen LogP contribution < -0.4 is 4.72 Å². The van der Waals surface area contributed by atoms with Gasteiger partial charge in [0.1, 0.15) is 0 Å². The summed E-state index contributed by atoms with van der Waals surface area (Å²) in [6.45, 7) is 2.53. The maximum Gasteiger partial charge on any atom is 0.302 e. The number of aromatic amines is 1. The van der Waals surface area contributed by atoms with E-state index in [9.17, 15) is 13.2 Å². The highest BCUT2D eigenvalue weighted by atomic mass is 35.5. The number of aromatic nitrogens is 1. The maximum atomic E-state index is 13.0. The number of H-pyrrole nitrogens is 1. The molecule has 1 atom stereocenters. The van der Waals surface area contributed by atoms with Crippen molar-refractivity contribution in [3.8, 4) is 0 Å². The SMILES string of the molecule is COCCCCC(=O)N1CCCC(CN2Cc3cc(Cl)c4c(Cl)c[nH]c4c3NS2(=O)=O)C1. The van der Waals surface area contributed by atoms with Crippen LogP contribution in [-0.4, -0.2) is 61.9 Å². The van der Waals surface area contributed by atoms with Gasteiger partial charge in [0.2, 0.25) is 5.91 Å². The van der Waals surface area contributed by atoms with Gasteiger partial charge >= 0.3 is 10.2 Å². The number of hydrogen-bond donors (Lipinski definition) is 2. The highest BCUT2D eigenvalue weighted by Crippen LogP contribution is 2.40. The molecule has 0 radical (unpaired) electrons. The number of likely N-dealkylation sites (tertiary alicyclic amines) is 1. The Labute approximate surface area is 198 Å². The lowest BCUT2D eigenvalue weighted by molar-refractivity contribution is -0.133. The molecule has 2 aromatic rings. The summed E-state index contributed by atoms with van der Waals surface area (Å²) in [5.74, 6) is 0.220. The van der Waals surface area contributed by atoms with Crippen molar-refractivity contribution >= 4 is 55.9 Å². The molecule has 2 N–H and O–H groups in total. The molecular formula is C21H28Cl2N4O4S. The Kier molecular flexibility index (Phi) is 7.21. The first-order valence-electron chi connectivity index (χ1n) is 10.8. The van der Waals surface area contributed by atoms with E-state index < -0.39 is 10.2 Å². The summed E-state index contributed by atoms with van der Waals surface area (Å²) in [4.78, 5) is 17.5. The van der Waals surface area contributed by atoms with E-state index in [1.165, 1.54) is 4.31 Å². The van der Waals surface area contributed by atoms with Crippen molar-refractivity contribution in [3.63, 3.8) is 0 Å². The topological polar surface area (TPSA) is 94.7 Å². The Balaban J connectivity index is 1.45. The molecule has 0 saturated carbocycles. The smallest absolute Gasteiger partial charge is 0.302 e. The molecule has 8 nitrogen and oxygen atoms in total. The van der Waals surface area contributed by atoms with Crippen molar-refractivity contribution < 1.29 is 17.9 Å². The summed E-state index contributed by atoms with van der Waals surface area (Å²) in [5, 5.41) is 1.53. The minimum Gasteiger partial charge on any atom is -0.385 e. The molecule has 1 amide bonds. The molecule has 2 aliphatic heterocycles. The van der Waals surface area contributed by atoms with Crippen LogP contribution in [0.4, 0.5) is 5.69 Å². The summed E-state index contributed by atoms with van der Waals surface area (Å²) in [6, 6.07) is 1.77. The first-order chi connectivity index (χ1) is 15.3. The number of benzene rings is 1. The fourth-order valence-corrected chi connectivity index (χ4v) is 6.53. The van der Waals surface area contributed by atoms with E-state index >= 15 is 0 Å². The van der Waals surface area contributed by atoms with Gasteiger partial charge in [-0.3, -0.25) is 9.52 Å². The van der Waals surface area contributed by atoms with E-state index in [1.807, 2.05) is 4.90 Å². The van der Waals surface area contributed by atoms with Gasteiger partial charge in [0.15, 0.2) is 0 Å². The number of anilines is 1. The number of rotatable bonds is 7. The molecule has 2 aliphatic rings. The zero-order valence-corrected chi connectivity index (χ0v) is 20.3. The van der Waals surface area contributed by atoms with E-state index in [4.69, 9.17) is 27.9 Å². The van der Waals surface area contributed by atoms with Crippen LogP contribution in [0.3, 0.4) is 0 Å². The van der Waals surface area contributed by atoms with Crippen LogP contribution in [0.25, 0.3) is 10.9 Å². The third-order valence-corrected chi connectivity index (χ3v) is 8.20. The second-order valence-corrected chi connectivity index (χ2v) is 11.0. The van der Waals surface area contributed by atoms with Gasteiger partial charge in [-0.1, -0.05) is 23.2 Å². The van der Waals surface area contributed by atoms with E-state index in [0.29, 0.717) is 52.8 Å². The number of amides is 1. The van der Waals surface area contributed by atoms with Gasteiger partial charge in [0, 0.05) is 57.9 Å². The number of unbranched alkanes of at least 4 members (excludes halogenated alkanes) is 1. The molecule has 1 saturated heterocycles. The second-order valence-electron chi connectivity index (χ2n) is 8.48. The van der Waals surface area contributed by atoms with Crippen molar-refractivity contribution in [2.45, 2.75) is 38.6 Å². The largest absolute Gasteiger partial charge is 0.385 e. The predicted octanol–water partition coefficient (Wildman–Crippen LogP) is 4.00. The summed E-state index contributed by atoms with van der Waals surface area (Å²) < 4.78 is 35.2. The third kappa shape index (κ3) is 4.87. The van der Waals surface area contributed by atoms with Crippen LogP contribution in [0.2, 0.25) is 10.0 Å². The van der Waals surface area contributed by atoms with Crippen LogP contribution in [-0.2, 0) is 26.3 Å². The van der Waals surface area contributed by atoms with Gasteiger partial charge in [-0.2, -0.15) is 12.7 Å². The van der Waals surface area contributed by atoms with E-state index in [1.54, 1.807) is 19.4 Å². The lowest BCUT2D eigenvalue weighted by atomic mass is 9.97. The second kappa shape index (κ2) is 9.77. The minimum absolute atomic E-state index is 0.0870. The standard InChI is InChI=1S/C21H28Cl2N4O4S/c1-31-8-3-2-6-18(28)26-7-4-5-14(11-26)12-27-13-15-9-16(22)19-17(23)10-24-21(19)20(15)25-32(27,29)30/h9-10,14,24-25H,2-8,11-13H2,1H3. The molecule has 32 heavy (non-hydrogen) atoms. The van der Waals surface area contributed by atoms with Gasteiger partial charge in [-0.05, 0) is 43.2 Å². The lowest BCUT2D eigenvalue weighted by Gasteiger charge is -2.37. The van der Waals surface area contributed by atoms with Crippen LogP contribution in [0.1, 0.15) is 37.7 Å². The van der Waals surface area contributed by atoms with Gasteiger partial charge in [-0.25, -0.2) is 0 Å². The number of hydrogen-bond acceptors (Lipinski definition) is 4. The predicted molar refractivity (Wildman–Crippen MR) is 126 cm³/mol. The fraction of sp³-hybridized carbons (Fsp3) is 0.571.